The lowest BCUT2D eigenvalue weighted by atomic mass is 10.6. The molecule has 6 heteroatoms. The van der Waals surface area contributed by atoms with Crippen molar-refractivity contribution < 1.29 is 28.4 Å². The fourth-order valence-electron chi connectivity index (χ4n) is 1.04. The molecule has 0 aliphatic carbocycles. The van der Waals surface area contributed by atoms with E-state index in [1.807, 2.05) is 0 Å². The van der Waals surface area contributed by atoms with Gasteiger partial charge in [-0.25, -0.2) is 0 Å². The smallest absolute Gasteiger partial charge is 0.111 e. The topological polar surface area (TPSA) is 55.4 Å². The molecule has 20 heavy (non-hydrogen) atoms. The first-order chi connectivity index (χ1) is 9.91. The lowest BCUT2D eigenvalue weighted by Crippen LogP contribution is -2.06. The van der Waals surface area contributed by atoms with E-state index < -0.39 is 0 Å². The molecule has 0 spiro atoms. The van der Waals surface area contributed by atoms with E-state index in [1.165, 1.54) is 0 Å². The minimum absolute atomic E-state index is 0.516. The van der Waals surface area contributed by atoms with Gasteiger partial charge in [-0.05, 0) is 12.2 Å². The normalized spacial score (nSPS) is 11.5. The zero-order chi connectivity index (χ0) is 14.7. The molecule has 6 nitrogen and oxygen atoms in total. The van der Waals surface area contributed by atoms with Gasteiger partial charge in [-0.2, -0.15) is 0 Å². The molecule has 0 fully saturated rings. The Labute approximate surface area is 121 Å². The Hall–Kier alpha value is -1.08. The highest BCUT2D eigenvalue weighted by Crippen LogP contribution is 1.85. The molecule has 0 aliphatic rings. The van der Waals surface area contributed by atoms with Crippen molar-refractivity contribution in [3.8, 4) is 0 Å². The van der Waals surface area contributed by atoms with Crippen LogP contribution >= 0.6 is 0 Å². The highest BCUT2D eigenvalue weighted by atomic mass is 16.5. The SMILES string of the molecule is COCCOCCO/C=C\C=C\OCCOCCOC. The summed E-state index contributed by atoms with van der Waals surface area (Å²) in [5.41, 5.74) is 0. The van der Waals surface area contributed by atoms with E-state index in [2.05, 4.69) is 0 Å². The van der Waals surface area contributed by atoms with E-state index in [1.54, 1.807) is 38.9 Å². The molecular weight excluding hydrogens is 264 g/mol. The summed E-state index contributed by atoms with van der Waals surface area (Å²) in [6, 6.07) is 0. The second kappa shape index (κ2) is 17.9. The first kappa shape index (κ1) is 18.9. The Bertz CT molecular complexity index is 206. The van der Waals surface area contributed by atoms with Crippen LogP contribution < -0.4 is 0 Å². The minimum Gasteiger partial charge on any atom is -0.499 e. The third kappa shape index (κ3) is 16.9. The molecule has 0 unspecified atom stereocenters. The van der Waals surface area contributed by atoms with Crippen LogP contribution in [0.1, 0.15) is 0 Å². The summed E-state index contributed by atoms with van der Waals surface area (Å²) in [5, 5.41) is 0. The maximum absolute atomic E-state index is 5.22. The van der Waals surface area contributed by atoms with Gasteiger partial charge in [-0.1, -0.05) is 0 Å². The zero-order valence-electron chi connectivity index (χ0n) is 12.4. The summed E-state index contributed by atoms with van der Waals surface area (Å²) in [5.74, 6) is 0. The third-order valence-electron chi connectivity index (χ3n) is 2.02. The summed E-state index contributed by atoms with van der Waals surface area (Å²) in [6.07, 6.45) is 6.69. The molecule has 0 heterocycles. The van der Waals surface area contributed by atoms with Crippen LogP contribution in [0.2, 0.25) is 0 Å². The van der Waals surface area contributed by atoms with Crippen molar-refractivity contribution in [1.29, 1.82) is 0 Å². The molecule has 0 atom stereocenters. The van der Waals surface area contributed by atoms with Crippen molar-refractivity contribution in [2.75, 3.05) is 67.1 Å². The number of methoxy groups -OCH3 is 2. The molecule has 0 aromatic heterocycles. The van der Waals surface area contributed by atoms with E-state index in [0.717, 1.165) is 0 Å². The highest BCUT2D eigenvalue weighted by molar-refractivity contribution is 4.96. The van der Waals surface area contributed by atoms with Crippen molar-refractivity contribution in [3.05, 3.63) is 24.7 Å². The number of ether oxygens (including phenoxy) is 6. The summed E-state index contributed by atoms with van der Waals surface area (Å²) >= 11 is 0. The van der Waals surface area contributed by atoms with Crippen LogP contribution in [-0.4, -0.2) is 67.1 Å². The van der Waals surface area contributed by atoms with Gasteiger partial charge in [0, 0.05) is 14.2 Å². The Balaban J connectivity index is 3.15. The molecule has 0 saturated carbocycles. The van der Waals surface area contributed by atoms with Crippen LogP contribution in [0.3, 0.4) is 0 Å². The number of hydrogen-bond donors (Lipinski definition) is 0. The van der Waals surface area contributed by atoms with E-state index in [-0.39, 0.29) is 0 Å². The minimum atomic E-state index is 0.516. The van der Waals surface area contributed by atoms with Gasteiger partial charge in [0.05, 0.1) is 52.2 Å². The van der Waals surface area contributed by atoms with Crippen molar-refractivity contribution in [3.63, 3.8) is 0 Å². The van der Waals surface area contributed by atoms with E-state index >= 15 is 0 Å². The second-order valence-corrected chi connectivity index (χ2v) is 3.61. The van der Waals surface area contributed by atoms with Crippen LogP contribution in [0.4, 0.5) is 0 Å². The molecule has 0 bridgehead atoms. The van der Waals surface area contributed by atoms with Crippen molar-refractivity contribution in [2.24, 2.45) is 0 Å². The van der Waals surface area contributed by atoms with Gasteiger partial charge in [0.1, 0.15) is 13.2 Å². The molecule has 0 saturated heterocycles. The Kier molecular flexibility index (Phi) is 17.0. The van der Waals surface area contributed by atoms with Gasteiger partial charge in [-0.15, -0.1) is 0 Å². The second-order valence-electron chi connectivity index (χ2n) is 3.61. The van der Waals surface area contributed by atoms with Crippen LogP contribution in [-0.2, 0) is 28.4 Å². The van der Waals surface area contributed by atoms with E-state index in [9.17, 15) is 0 Å². The van der Waals surface area contributed by atoms with Crippen molar-refractivity contribution in [1.82, 2.24) is 0 Å². The first-order valence-corrected chi connectivity index (χ1v) is 6.60. The van der Waals surface area contributed by atoms with Gasteiger partial charge in [0.2, 0.25) is 0 Å². The lowest BCUT2D eigenvalue weighted by Gasteiger charge is -2.03. The van der Waals surface area contributed by atoms with Gasteiger partial charge < -0.3 is 28.4 Å². The maximum Gasteiger partial charge on any atom is 0.111 e. The van der Waals surface area contributed by atoms with Gasteiger partial charge in [0.15, 0.2) is 0 Å². The Morgan fingerprint density at radius 3 is 1.35 bits per heavy atom. The number of rotatable bonds is 15. The quantitative estimate of drug-likeness (QED) is 0.258. The van der Waals surface area contributed by atoms with Crippen LogP contribution in [0.5, 0.6) is 0 Å². The molecule has 0 amide bonds. The molecule has 118 valence electrons. The highest BCUT2D eigenvalue weighted by Gasteiger charge is 1.87. The third-order valence-corrected chi connectivity index (χ3v) is 2.02. The summed E-state index contributed by atoms with van der Waals surface area (Å²) in [7, 11) is 3.28. The van der Waals surface area contributed by atoms with Gasteiger partial charge >= 0.3 is 0 Å². The van der Waals surface area contributed by atoms with Crippen molar-refractivity contribution in [2.45, 2.75) is 0 Å². The average molecular weight is 290 g/mol. The zero-order valence-corrected chi connectivity index (χ0v) is 12.4. The van der Waals surface area contributed by atoms with Crippen LogP contribution in [0.15, 0.2) is 24.7 Å². The fraction of sp³-hybridized carbons (Fsp3) is 0.714. The standard InChI is InChI=1S/C14H26O6/c1-15-7-9-19-13-11-17-5-3-4-6-18-12-14-20-10-8-16-2/h3-6H,7-14H2,1-2H3/b5-3-,6-4+. The molecule has 0 rings (SSSR count). The molecule has 0 radical (unpaired) electrons. The van der Waals surface area contributed by atoms with Crippen molar-refractivity contribution >= 4 is 0 Å². The largest absolute Gasteiger partial charge is 0.499 e. The van der Waals surface area contributed by atoms with Gasteiger partial charge in [-0.3, -0.25) is 0 Å². The molecule has 0 aromatic rings. The number of allylic oxidation sites excluding steroid dienone is 2. The van der Waals surface area contributed by atoms with E-state index in [0.29, 0.717) is 52.9 Å². The lowest BCUT2D eigenvalue weighted by molar-refractivity contribution is 0.0460. The first-order valence-electron chi connectivity index (χ1n) is 6.60. The summed E-state index contributed by atoms with van der Waals surface area (Å²) < 4.78 is 30.5. The summed E-state index contributed by atoms with van der Waals surface area (Å²) in [6.45, 7) is 4.51. The average Bonchev–Trinajstić information content (AvgIpc) is 2.47. The monoisotopic (exact) mass is 290 g/mol. The Morgan fingerprint density at radius 1 is 0.550 bits per heavy atom. The predicted octanol–water partition coefficient (Wildman–Crippen LogP) is 1.37. The van der Waals surface area contributed by atoms with Gasteiger partial charge in [0.25, 0.3) is 0 Å². The Morgan fingerprint density at radius 2 is 0.950 bits per heavy atom. The molecular formula is C14H26O6. The summed E-state index contributed by atoms with van der Waals surface area (Å²) in [4.78, 5) is 0. The maximum atomic E-state index is 5.22. The van der Waals surface area contributed by atoms with Crippen LogP contribution in [0, 0.1) is 0 Å². The van der Waals surface area contributed by atoms with Crippen LogP contribution in [0.25, 0.3) is 0 Å². The van der Waals surface area contributed by atoms with E-state index in [4.69, 9.17) is 28.4 Å². The molecule has 0 N–H and O–H groups in total. The predicted molar refractivity (Wildman–Crippen MR) is 75.6 cm³/mol. The number of hydrogen-bond acceptors (Lipinski definition) is 6. The molecule has 0 aromatic carbocycles. The molecule has 0 aliphatic heterocycles. The fourth-order valence-corrected chi connectivity index (χ4v) is 1.04.